The summed E-state index contributed by atoms with van der Waals surface area (Å²) in [5, 5.41) is 13.1. The Kier molecular flexibility index (Phi) is 9.63. The standard InChI is InChI=1S/C14H32N2O3S/c1-5-9-15-14(6-2,13-17)8-7-10-16(3)11-12-20(4,18)19/h15,17H,5-13H2,1-4H3. The van der Waals surface area contributed by atoms with Gasteiger partial charge in [-0.1, -0.05) is 13.8 Å². The largest absolute Gasteiger partial charge is 0.394 e. The van der Waals surface area contributed by atoms with Crippen molar-refractivity contribution in [3.8, 4) is 0 Å². The van der Waals surface area contributed by atoms with Crippen LogP contribution in [0.15, 0.2) is 0 Å². The van der Waals surface area contributed by atoms with Gasteiger partial charge >= 0.3 is 0 Å². The average molecular weight is 308 g/mol. The molecule has 0 saturated carbocycles. The minimum absolute atomic E-state index is 0.149. The third-order valence-electron chi connectivity index (χ3n) is 3.77. The predicted molar refractivity (Wildman–Crippen MR) is 84.8 cm³/mol. The van der Waals surface area contributed by atoms with E-state index < -0.39 is 9.84 Å². The molecule has 0 aromatic rings. The Labute approximate surface area is 124 Å². The van der Waals surface area contributed by atoms with Gasteiger partial charge in [0.05, 0.1) is 12.4 Å². The van der Waals surface area contributed by atoms with E-state index in [-0.39, 0.29) is 17.9 Å². The van der Waals surface area contributed by atoms with Gasteiger partial charge < -0.3 is 15.3 Å². The smallest absolute Gasteiger partial charge is 0.148 e. The van der Waals surface area contributed by atoms with Crippen LogP contribution in [0.3, 0.4) is 0 Å². The summed E-state index contributed by atoms with van der Waals surface area (Å²) in [6.45, 7) is 6.69. The molecule has 1 atom stereocenters. The summed E-state index contributed by atoms with van der Waals surface area (Å²) in [7, 11) is -0.946. The zero-order valence-electron chi connectivity index (χ0n) is 13.5. The highest BCUT2D eigenvalue weighted by molar-refractivity contribution is 7.90. The van der Waals surface area contributed by atoms with Crippen molar-refractivity contribution >= 4 is 9.84 Å². The molecule has 0 fully saturated rings. The molecule has 20 heavy (non-hydrogen) atoms. The number of nitrogens with zero attached hydrogens (tertiary/aromatic N) is 1. The summed E-state index contributed by atoms with van der Waals surface area (Å²) in [6, 6.07) is 0. The second kappa shape index (κ2) is 9.71. The Bertz CT molecular complexity index is 340. The number of aliphatic hydroxyl groups excluding tert-OH is 1. The third kappa shape index (κ3) is 8.89. The summed E-state index contributed by atoms with van der Waals surface area (Å²) in [4.78, 5) is 2.04. The van der Waals surface area contributed by atoms with Crippen molar-refractivity contribution in [1.82, 2.24) is 10.2 Å². The Balaban J connectivity index is 4.10. The first-order valence-electron chi connectivity index (χ1n) is 7.50. The number of rotatable bonds is 12. The van der Waals surface area contributed by atoms with Crippen LogP contribution in [0.25, 0.3) is 0 Å². The Morgan fingerprint density at radius 2 is 1.90 bits per heavy atom. The normalized spacial score (nSPS) is 15.5. The maximum absolute atomic E-state index is 11.1. The van der Waals surface area contributed by atoms with Gasteiger partial charge in [0.1, 0.15) is 9.84 Å². The Hall–Kier alpha value is -0.170. The number of sulfone groups is 1. The quantitative estimate of drug-likeness (QED) is 0.560. The third-order valence-corrected chi connectivity index (χ3v) is 4.69. The van der Waals surface area contributed by atoms with Crippen LogP contribution in [0.5, 0.6) is 0 Å². The topological polar surface area (TPSA) is 69.6 Å². The second-order valence-corrected chi connectivity index (χ2v) is 8.02. The van der Waals surface area contributed by atoms with E-state index in [1.165, 1.54) is 6.26 Å². The number of hydrogen-bond donors (Lipinski definition) is 2. The van der Waals surface area contributed by atoms with Crippen molar-refractivity contribution in [2.75, 3.05) is 45.3 Å². The van der Waals surface area contributed by atoms with E-state index in [9.17, 15) is 13.5 Å². The highest BCUT2D eigenvalue weighted by atomic mass is 32.2. The highest BCUT2D eigenvalue weighted by Gasteiger charge is 2.25. The lowest BCUT2D eigenvalue weighted by Crippen LogP contribution is -2.48. The van der Waals surface area contributed by atoms with Gasteiger partial charge in [-0.3, -0.25) is 0 Å². The molecule has 6 heteroatoms. The van der Waals surface area contributed by atoms with Gasteiger partial charge in [-0.25, -0.2) is 8.42 Å². The molecule has 0 radical (unpaired) electrons. The fourth-order valence-corrected chi connectivity index (χ4v) is 2.79. The van der Waals surface area contributed by atoms with Crippen molar-refractivity contribution in [2.45, 2.75) is 45.1 Å². The molecule has 5 nitrogen and oxygen atoms in total. The maximum atomic E-state index is 11.1. The van der Waals surface area contributed by atoms with Gasteiger partial charge in [0.25, 0.3) is 0 Å². The van der Waals surface area contributed by atoms with E-state index in [4.69, 9.17) is 0 Å². The van der Waals surface area contributed by atoms with Gasteiger partial charge in [-0.2, -0.15) is 0 Å². The van der Waals surface area contributed by atoms with Crippen LogP contribution in [0.1, 0.15) is 39.5 Å². The van der Waals surface area contributed by atoms with Crippen LogP contribution in [0.2, 0.25) is 0 Å². The van der Waals surface area contributed by atoms with Gasteiger partial charge in [-0.05, 0) is 45.8 Å². The molecule has 2 N–H and O–H groups in total. The number of aliphatic hydroxyl groups is 1. The maximum Gasteiger partial charge on any atom is 0.148 e. The zero-order chi connectivity index (χ0) is 15.6. The van der Waals surface area contributed by atoms with E-state index in [0.29, 0.717) is 6.54 Å². The summed E-state index contributed by atoms with van der Waals surface area (Å²) in [6.07, 6.45) is 5.07. The van der Waals surface area contributed by atoms with Crippen LogP contribution in [0, 0.1) is 0 Å². The number of nitrogens with one attached hydrogen (secondary N) is 1. The van der Waals surface area contributed by atoms with Crippen molar-refractivity contribution in [3.05, 3.63) is 0 Å². The first kappa shape index (κ1) is 19.8. The summed E-state index contributed by atoms with van der Waals surface area (Å²) in [5.74, 6) is 0.205. The average Bonchev–Trinajstić information content (AvgIpc) is 2.40. The monoisotopic (exact) mass is 308 g/mol. The first-order valence-corrected chi connectivity index (χ1v) is 9.57. The fourth-order valence-electron chi connectivity index (χ4n) is 2.15. The zero-order valence-corrected chi connectivity index (χ0v) is 14.3. The summed E-state index contributed by atoms with van der Waals surface area (Å²) >= 11 is 0. The molecule has 0 spiro atoms. The van der Waals surface area contributed by atoms with Gasteiger partial charge in [0.2, 0.25) is 0 Å². The van der Waals surface area contributed by atoms with Gasteiger partial charge in [0.15, 0.2) is 0 Å². The molecule has 0 aliphatic carbocycles. The lowest BCUT2D eigenvalue weighted by molar-refractivity contribution is 0.140. The lowest BCUT2D eigenvalue weighted by atomic mass is 9.91. The van der Waals surface area contributed by atoms with Gasteiger partial charge in [-0.15, -0.1) is 0 Å². The van der Waals surface area contributed by atoms with E-state index >= 15 is 0 Å². The van der Waals surface area contributed by atoms with Crippen LogP contribution in [-0.2, 0) is 9.84 Å². The Morgan fingerprint density at radius 3 is 2.35 bits per heavy atom. The van der Waals surface area contributed by atoms with Crippen molar-refractivity contribution < 1.29 is 13.5 Å². The molecule has 0 saturated heterocycles. The first-order chi connectivity index (χ1) is 9.28. The second-order valence-electron chi connectivity index (χ2n) is 5.76. The van der Waals surface area contributed by atoms with Crippen LogP contribution >= 0.6 is 0 Å². The molecule has 1 unspecified atom stereocenters. The molecule has 0 rings (SSSR count). The van der Waals surface area contributed by atoms with Crippen LogP contribution in [-0.4, -0.2) is 69.3 Å². The number of hydrogen-bond acceptors (Lipinski definition) is 5. The molecule has 0 bridgehead atoms. The molecule has 0 aromatic heterocycles. The minimum atomic E-state index is -2.89. The predicted octanol–water partition coefficient (Wildman–Crippen LogP) is 0.884. The molecule has 0 heterocycles. The molecule has 0 amide bonds. The summed E-state index contributed by atoms with van der Waals surface area (Å²) in [5.41, 5.74) is -0.187. The molecule has 0 aliphatic heterocycles. The van der Waals surface area contributed by atoms with E-state index in [0.717, 1.165) is 38.8 Å². The fraction of sp³-hybridized carbons (Fsp3) is 1.00. The van der Waals surface area contributed by atoms with Crippen molar-refractivity contribution in [3.63, 3.8) is 0 Å². The van der Waals surface area contributed by atoms with Crippen molar-refractivity contribution in [2.24, 2.45) is 0 Å². The Morgan fingerprint density at radius 1 is 1.25 bits per heavy atom. The SMILES string of the molecule is CCCNC(CC)(CO)CCCN(C)CCS(C)(=O)=O. The summed E-state index contributed by atoms with van der Waals surface area (Å²) < 4.78 is 22.2. The molecule has 0 aromatic carbocycles. The molecular weight excluding hydrogens is 276 g/mol. The van der Waals surface area contributed by atoms with E-state index in [1.807, 2.05) is 11.9 Å². The lowest BCUT2D eigenvalue weighted by Gasteiger charge is -2.33. The van der Waals surface area contributed by atoms with Gasteiger partial charge in [0, 0.05) is 18.3 Å². The minimum Gasteiger partial charge on any atom is -0.394 e. The van der Waals surface area contributed by atoms with Crippen molar-refractivity contribution in [1.29, 1.82) is 0 Å². The highest BCUT2D eigenvalue weighted by Crippen LogP contribution is 2.17. The van der Waals surface area contributed by atoms with Crippen LogP contribution in [0.4, 0.5) is 0 Å². The van der Waals surface area contributed by atoms with Crippen LogP contribution < -0.4 is 5.32 Å². The van der Waals surface area contributed by atoms with E-state index in [2.05, 4.69) is 19.2 Å². The van der Waals surface area contributed by atoms with E-state index in [1.54, 1.807) is 0 Å². The molecule has 0 aliphatic rings. The molecule has 122 valence electrons. The molecular formula is C14H32N2O3S.